The van der Waals surface area contributed by atoms with E-state index in [-0.39, 0.29) is 10.9 Å². The van der Waals surface area contributed by atoms with E-state index in [4.69, 9.17) is 11.6 Å². The molecule has 3 saturated carbocycles. The molecule has 3 aliphatic rings. The fourth-order valence-corrected chi connectivity index (χ4v) is 4.84. The molecule has 4 atom stereocenters. The summed E-state index contributed by atoms with van der Waals surface area (Å²) in [5.41, 5.74) is 0.754. The number of hydrogen-bond acceptors (Lipinski definition) is 1. The molecule has 0 radical (unpaired) electrons. The summed E-state index contributed by atoms with van der Waals surface area (Å²) in [4.78, 5) is 12.3. The maximum Gasteiger partial charge on any atom is 0.142 e. The van der Waals surface area contributed by atoms with Crippen molar-refractivity contribution in [1.29, 1.82) is 0 Å². The van der Waals surface area contributed by atoms with Crippen molar-refractivity contribution in [1.82, 2.24) is 0 Å². The molecule has 3 heteroatoms. The highest BCUT2D eigenvalue weighted by Crippen LogP contribution is 2.69. The third-order valence-electron chi connectivity index (χ3n) is 5.47. The summed E-state index contributed by atoms with van der Waals surface area (Å²) in [5, 5.41) is 0.123. The van der Waals surface area contributed by atoms with Crippen molar-refractivity contribution in [2.75, 3.05) is 0 Å². The van der Waals surface area contributed by atoms with Gasteiger partial charge in [0.1, 0.15) is 11.6 Å². The van der Waals surface area contributed by atoms with Crippen LogP contribution in [0, 0.1) is 35.4 Å². The van der Waals surface area contributed by atoms with Crippen LogP contribution in [0.4, 0.5) is 4.39 Å². The predicted octanol–water partition coefficient (Wildman–Crippen LogP) is 3.88. The van der Waals surface area contributed by atoms with Gasteiger partial charge in [-0.1, -0.05) is 17.7 Å². The van der Waals surface area contributed by atoms with Crippen molar-refractivity contribution < 1.29 is 9.18 Å². The minimum absolute atomic E-state index is 0.123. The Morgan fingerprint density at radius 2 is 1.95 bits per heavy atom. The number of carbonyl (C=O) groups is 1. The summed E-state index contributed by atoms with van der Waals surface area (Å²) >= 11 is 5.66. The lowest BCUT2D eigenvalue weighted by Gasteiger charge is -2.08. The lowest BCUT2D eigenvalue weighted by molar-refractivity contribution is -0.120. The highest BCUT2D eigenvalue weighted by molar-refractivity contribution is 6.30. The van der Waals surface area contributed by atoms with Crippen molar-refractivity contribution in [3.05, 3.63) is 34.6 Å². The van der Waals surface area contributed by atoms with Crippen molar-refractivity contribution in [3.8, 4) is 0 Å². The van der Waals surface area contributed by atoms with Crippen LogP contribution in [0.5, 0.6) is 0 Å². The van der Waals surface area contributed by atoms with Crippen molar-refractivity contribution in [2.24, 2.45) is 29.6 Å². The Kier molecular flexibility index (Phi) is 2.54. The van der Waals surface area contributed by atoms with Gasteiger partial charge in [-0.05, 0) is 60.6 Å². The summed E-state index contributed by atoms with van der Waals surface area (Å²) in [5.74, 6) is 3.13. The first-order chi connectivity index (χ1) is 9.15. The molecule has 3 fully saturated rings. The second-order valence-electron chi connectivity index (χ2n) is 6.41. The molecule has 4 rings (SSSR count). The van der Waals surface area contributed by atoms with Crippen LogP contribution >= 0.6 is 11.6 Å². The quantitative estimate of drug-likeness (QED) is 0.820. The summed E-state index contributed by atoms with van der Waals surface area (Å²) in [6.45, 7) is 0. The van der Waals surface area contributed by atoms with Gasteiger partial charge in [-0.15, -0.1) is 0 Å². The van der Waals surface area contributed by atoms with Gasteiger partial charge in [0.05, 0.1) is 5.02 Å². The Morgan fingerprint density at radius 3 is 2.58 bits per heavy atom. The second kappa shape index (κ2) is 4.05. The lowest BCUT2D eigenvalue weighted by Crippen LogP contribution is -2.12. The van der Waals surface area contributed by atoms with Crippen LogP contribution in [-0.2, 0) is 11.2 Å². The van der Waals surface area contributed by atoms with Crippen molar-refractivity contribution in [3.63, 3.8) is 0 Å². The Bertz CT molecular complexity index is 540. The molecule has 0 N–H and O–H groups in total. The minimum atomic E-state index is -0.428. The lowest BCUT2D eigenvalue weighted by atomic mass is 9.96. The molecule has 0 amide bonds. The minimum Gasteiger partial charge on any atom is -0.299 e. The van der Waals surface area contributed by atoms with E-state index < -0.39 is 5.82 Å². The van der Waals surface area contributed by atoms with Crippen LogP contribution in [0.1, 0.15) is 24.8 Å². The number of fused-ring (bicyclic) bond motifs is 5. The predicted molar refractivity (Wildman–Crippen MR) is 71.4 cm³/mol. The molecule has 0 aromatic heterocycles. The molecular formula is C16H16ClFO. The van der Waals surface area contributed by atoms with E-state index >= 15 is 0 Å². The molecule has 1 aromatic carbocycles. The first-order valence-electron chi connectivity index (χ1n) is 7.12. The summed E-state index contributed by atoms with van der Waals surface area (Å²) < 4.78 is 13.4. The highest BCUT2D eigenvalue weighted by Gasteiger charge is 2.66. The number of halogens is 2. The standard InChI is InChI=1S/C16H16ClFO/c17-11-4-1-8(5-12(11)18)6-13(19)16-14-9-2-3-10(7-9)15(14)16/h1,4-5,9-10,14-16H,2-3,6-7H2. The van der Waals surface area contributed by atoms with E-state index in [0.29, 0.717) is 24.0 Å². The molecule has 0 heterocycles. The first-order valence-corrected chi connectivity index (χ1v) is 7.49. The van der Waals surface area contributed by atoms with Crippen LogP contribution in [0.3, 0.4) is 0 Å². The average molecular weight is 279 g/mol. The first kappa shape index (κ1) is 11.9. The topological polar surface area (TPSA) is 17.1 Å². The zero-order chi connectivity index (χ0) is 13.1. The molecule has 0 aliphatic heterocycles. The van der Waals surface area contributed by atoms with Gasteiger partial charge in [0.15, 0.2) is 0 Å². The molecule has 1 nitrogen and oxygen atoms in total. The Morgan fingerprint density at radius 1 is 1.26 bits per heavy atom. The van der Waals surface area contributed by atoms with Gasteiger partial charge >= 0.3 is 0 Å². The maximum atomic E-state index is 13.4. The molecule has 100 valence electrons. The van der Waals surface area contributed by atoms with E-state index in [9.17, 15) is 9.18 Å². The number of benzene rings is 1. The van der Waals surface area contributed by atoms with Gasteiger partial charge in [-0.25, -0.2) is 4.39 Å². The molecule has 0 saturated heterocycles. The summed E-state index contributed by atoms with van der Waals surface area (Å²) in [6, 6.07) is 4.69. The summed E-state index contributed by atoms with van der Waals surface area (Å²) in [6.07, 6.45) is 4.37. The largest absolute Gasteiger partial charge is 0.299 e. The van der Waals surface area contributed by atoms with Crippen LogP contribution in [0.25, 0.3) is 0 Å². The van der Waals surface area contributed by atoms with Gasteiger partial charge in [0.25, 0.3) is 0 Å². The third-order valence-corrected chi connectivity index (χ3v) is 5.78. The Hall–Kier alpha value is -0.890. The molecule has 3 aliphatic carbocycles. The molecule has 2 bridgehead atoms. The highest BCUT2D eigenvalue weighted by atomic mass is 35.5. The Labute approximate surface area is 117 Å². The maximum absolute atomic E-state index is 13.4. The van der Waals surface area contributed by atoms with E-state index in [2.05, 4.69) is 0 Å². The molecule has 4 unspecified atom stereocenters. The molecular weight excluding hydrogens is 263 g/mol. The zero-order valence-electron chi connectivity index (χ0n) is 10.6. The SMILES string of the molecule is O=C(Cc1ccc(Cl)c(F)c1)C1C2C3CCC(C3)C12. The number of hydrogen-bond donors (Lipinski definition) is 0. The van der Waals surface area contributed by atoms with E-state index in [1.807, 2.05) is 0 Å². The van der Waals surface area contributed by atoms with E-state index in [1.165, 1.54) is 31.4 Å². The number of Topliss-reactive ketones (excluding diaryl/α,β-unsaturated/α-hetero) is 1. The third kappa shape index (κ3) is 1.76. The van der Waals surface area contributed by atoms with Gasteiger partial charge in [0, 0.05) is 12.3 Å². The van der Waals surface area contributed by atoms with Gasteiger partial charge < -0.3 is 0 Å². The van der Waals surface area contributed by atoms with Crippen LogP contribution in [0.15, 0.2) is 18.2 Å². The molecule has 1 aromatic rings. The normalized spacial score (nSPS) is 38.3. The van der Waals surface area contributed by atoms with Gasteiger partial charge in [-0.2, -0.15) is 0 Å². The number of carbonyl (C=O) groups excluding carboxylic acids is 1. The monoisotopic (exact) mass is 278 g/mol. The number of ketones is 1. The zero-order valence-corrected chi connectivity index (χ0v) is 11.4. The fourth-order valence-electron chi connectivity index (χ4n) is 4.72. The second-order valence-corrected chi connectivity index (χ2v) is 6.81. The van der Waals surface area contributed by atoms with Crippen LogP contribution in [0.2, 0.25) is 5.02 Å². The summed E-state index contributed by atoms with van der Waals surface area (Å²) in [7, 11) is 0. The number of rotatable bonds is 3. The van der Waals surface area contributed by atoms with E-state index in [1.54, 1.807) is 6.07 Å². The smallest absolute Gasteiger partial charge is 0.142 e. The van der Waals surface area contributed by atoms with Crippen LogP contribution in [-0.4, -0.2) is 5.78 Å². The molecule has 0 spiro atoms. The Balaban J connectivity index is 1.47. The fraction of sp³-hybridized carbons (Fsp3) is 0.562. The van der Waals surface area contributed by atoms with Crippen molar-refractivity contribution in [2.45, 2.75) is 25.7 Å². The molecule has 19 heavy (non-hydrogen) atoms. The average Bonchev–Trinajstić information content (AvgIpc) is 2.83. The van der Waals surface area contributed by atoms with Gasteiger partial charge in [-0.3, -0.25) is 4.79 Å². The van der Waals surface area contributed by atoms with E-state index in [0.717, 1.165) is 17.4 Å². The van der Waals surface area contributed by atoms with Gasteiger partial charge in [0.2, 0.25) is 0 Å². The van der Waals surface area contributed by atoms with Crippen molar-refractivity contribution >= 4 is 17.4 Å². The van der Waals surface area contributed by atoms with Crippen LogP contribution < -0.4 is 0 Å².